The number of nitrogens with zero attached hydrogens (tertiary/aromatic N) is 1. The molecule has 0 atom stereocenters. The number of benzene rings is 5. The lowest BCUT2D eigenvalue weighted by molar-refractivity contribution is 0.490. The molecule has 2 N–H and O–H groups in total. The van der Waals surface area contributed by atoms with E-state index < -0.39 is 0 Å². The highest BCUT2D eigenvalue weighted by Gasteiger charge is 2.40. The van der Waals surface area contributed by atoms with Gasteiger partial charge < -0.3 is 10.6 Å². The molecule has 5 aromatic carbocycles. The second-order valence-electron chi connectivity index (χ2n) is 9.49. The summed E-state index contributed by atoms with van der Waals surface area (Å²) in [6.07, 6.45) is 2.15. The van der Waals surface area contributed by atoms with Gasteiger partial charge >= 0.3 is 0 Å². The molecular weight excluding hydrogens is 424 g/mol. The Morgan fingerprint density at radius 3 is 2.14 bits per heavy atom. The van der Waals surface area contributed by atoms with Gasteiger partial charge in [0.15, 0.2) is 0 Å². The Morgan fingerprint density at radius 2 is 1.31 bits per heavy atom. The van der Waals surface area contributed by atoms with Crippen LogP contribution in [0.3, 0.4) is 0 Å². The first-order valence-corrected chi connectivity index (χ1v) is 12.5. The molecule has 0 saturated carbocycles. The van der Waals surface area contributed by atoms with Crippen LogP contribution in [0.4, 0.5) is 22.7 Å². The van der Waals surface area contributed by atoms with Gasteiger partial charge in [-0.3, -0.25) is 0 Å². The molecule has 0 unspecified atom stereocenters. The summed E-state index contributed by atoms with van der Waals surface area (Å²) in [5.74, 6) is 0. The summed E-state index contributed by atoms with van der Waals surface area (Å²) in [6.45, 7) is 4.64. The van der Waals surface area contributed by atoms with Crippen molar-refractivity contribution in [1.29, 1.82) is 0 Å². The molecule has 0 aromatic heterocycles. The third-order valence-corrected chi connectivity index (χ3v) is 7.85. The molecule has 2 heteroatoms. The van der Waals surface area contributed by atoms with Crippen molar-refractivity contribution in [1.82, 2.24) is 0 Å². The van der Waals surface area contributed by atoms with E-state index in [0.29, 0.717) is 0 Å². The highest BCUT2D eigenvalue weighted by molar-refractivity contribution is 5.99. The van der Waals surface area contributed by atoms with E-state index in [-0.39, 0.29) is 5.41 Å². The van der Waals surface area contributed by atoms with Crippen LogP contribution in [-0.4, -0.2) is 0 Å². The van der Waals surface area contributed by atoms with Crippen LogP contribution in [0, 0.1) is 0 Å². The first-order chi connectivity index (χ1) is 17.2. The summed E-state index contributed by atoms with van der Waals surface area (Å²) in [4.78, 5) is 2.36. The van der Waals surface area contributed by atoms with Gasteiger partial charge in [0.2, 0.25) is 0 Å². The monoisotopic (exact) mass is 454 g/mol. The van der Waals surface area contributed by atoms with Gasteiger partial charge in [0.1, 0.15) is 0 Å². The Morgan fingerprint density at radius 1 is 0.629 bits per heavy atom. The van der Waals surface area contributed by atoms with Crippen molar-refractivity contribution in [3.8, 4) is 11.1 Å². The Bertz CT molecular complexity index is 1540. The van der Waals surface area contributed by atoms with Crippen LogP contribution in [0.15, 0.2) is 109 Å². The number of hydrogen-bond acceptors (Lipinski definition) is 2. The molecular formula is C33H30N2. The van der Waals surface area contributed by atoms with Gasteiger partial charge in [0.25, 0.3) is 0 Å². The van der Waals surface area contributed by atoms with Crippen molar-refractivity contribution in [3.63, 3.8) is 0 Å². The van der Waals surface area contributed by atoms with Crippen molar-refractivity contribution in [2.24, 2.45) is 0 Å². The van der Waals surface area contributed by atoms with E-state index in [9.17, 15) is 0 Å². The van der Waals surface area contributed by atoms with Crippen LogP contribution < -0.4 is 10.6 Å². The number of hydrogen-bond donors (Lipinski definition) is 1. The predicted molar refractivity (Wildman–Crippen MR) is 150 cm³/mol. The fraction of sp³-hybridized carbons (Fsp3) is 0.152. The fourth-order valence-corrected chi connectivity index (χ4v) is 6.09. The lowest BCUT2D eigenvalue weighted by Crippen LogP contribution is -2.23. The maximum atomic E-state index is 6.27. The third-order valence-electron chi connectivity index (χ3n) is 7.85. The third kappa shape index (κ3) is 3.24. The van der Waals surface area contributed by atoms with E-state index in [2.05, 4.69) is 116 Å². The van der Waals surface area contributed by atoms with Gasteiger partial charge in [-0.2, -0.15) is 0 Å². The highest BCUT2D eigenvalue weighted by Crippen LogP contribution is 2.54. The van der Waals surface area contributed by atoms with E-state index in [1.54, 1.807) is 0 Å². The van der Waals surface area contributed by atoms with Crippen LogP contribution in [0.2, 0.25) is 0 Å². The van der Waals surface area contributed by atoms with Crippen LogP contribution in [-0.2, 0) is 5.41 Å². The normalized spacial score (nSPS) is 13.4. The summed E-state index contributed by atoms with van der Waals surface area (Å²) >= 11 is 0. The molecule has 2 nitrogen and oxygen atoms in total. The maximum absolute atomic E-state index is 6.27. The molecule has 0 saturated heterocycles. The predicted octanol–water partition coefficient (Wildman–Crippen LogP) is 8.98. The number of rotatable bonds is 5. The summed E-state index contributed by atoms with van der Waals surface area (Å²) in [7, 11) is 0. The van der Waals surface area contributed by atoms with Gasteiger partial charge in [-0.05, 0) is 76.9 Å². The van der Waals surface area contributed by atoms with E-state index >= 15 is 0 Å². The standard InChI is InChI=1S/C33H30N2/c1-3-33(4-2)30-17-8-7-16-28(30)29-20-19-26(22-31(29)33)35(25-14-10-13-24(34)21-25)32-18-9-12-23-11-5-6-15-27(23)32/h5-22H,3-4,34H2,1-2H3. The highest BCUT2D eigenvalue weighted by atomic mass is 15.1. The molecule has 0 spiro atoms. The molecule has 0 heterocycles. The average Bonchev–Trinajstić information content (AvgIpc) is 3.18. The minimum Gasteiger partial charge on any atom is -0.399 e. The zero-order valence-corrected chi connectivity index (χ0v) is 20.3. The summed E-state index contributed by atoms with van der Waals surface area (Å²) in [5.41, 5.74) is 16.1. The Labute approximate surface area is 207 Å². The number of anilines is 4. The summed E-state index contributed by atoms with van der Waals surface area (Å²) < 4.78 is 0. The molecule has 172 valence electrons. The van der Waals surface area contributed by atoms with Gasteiger partial charge in [0, 0.05) is 27.9 Å². The molecule has 0 bridgehead atoms. The van der Waals surface area contributed by atoms with Crippen LogP contribution >= 0.6 is 0 Å². The fourth-order valence-electron chi connectivity index (χ4n) is 6.09. The van der Waals surface area contributed by atoms with E-state index in [4.69, 9.17) is 5.73 Å². The smallest absolute Gasteiger partial charge is 0.0540 e. The number of nitrogen functional groups attached to an aromatic ring is 1. The topological polar surface area (TPSA) is 29.3 Å². The molecule has 0 amide bonds. The second kappa shape index (κ2) is 8.32. The zero-order chi connectivity index (χ0) is 24.0. The van der Waals surface area contributed by atoms with E-state index in [1.165, 1.54) is 33.0 Å². The molecule has 1 aliphatic carbocycles. The summed E-state index contributed by atoms with van der Waals surface area (Å²) in [5, 5.41) is 2.45. The van der Waals surface area contributed by atoms with Crippen molar-refractivity contribution in [3.05, 3.63) is 120 Å². The Balaban J connectivity index is 1.62. The Kier molecular flexibility index (Phi) is 5.11. The van der Waals surface area contributed by atoms with Gasteiger partial charge in [0.05, 0.1) is 5.69 Å². The lowest BCUT2D eigenvalue weighted by Gasteiger charge is -2.32. The van der Waals surface area contributed by atoms with Crippen molar-refractivity contribution in [2.75, 3.05) is 10.6 Å². The molecule has 1 aliphatic rings. The van der Waals surface area contributed by atoms with Crippen LogP contribution in [0.25, 0.3) is 21.9 Å². The maximum Gasteiger partial charge on any atom is 0.0540 e. The first kappa shape index (κ1) is 21.5. The number of nitrogens with two attached hydrogens (primary N) is 1. The van der Waals surface area contributed by atoms with Gasteiger partial charge in [-0.25, -0.2) is 0 Å². The van der Waals surface area contributed by atoms with Gasteiger partial charge in [-0.15, -0.1) is 0 Å². The molecule has 5 aromatic rings. The zero-order valence-electron chi connectivity index (χ0n) is 20.3. The second-order valence-corrected chi connectivity index (χ2v) is 9.49. The Hall–Kier alpha value is -4.04. The molecule has 6 rings (SSSR count). The largest absolute Gasteiger partial charge is 0.399 e. The van der Waals surface area contributed by atoms with Crippen LogP contribution in [0.5, 0.6) is 0 Å². The van der Waals surface area contributed by atoms with Crippen molar-refractivity contribution in [2.45, 2.75) is 32.1 Å². The minimum absolute atomic E-state index is 0.0298. The molecule has 0 fully saturated rings. The van der Waals surface area contributed by atoms with Crippen LogP contribution in [0.1, 0.15) is 37.8 Å². The van der Waals surface area contributed by atoms with E-state index in [0.717, 1.165) is 35.6 Å². The lowest BCUT2D eigenvalue weighted by atomic mass is 9.74. The average molecular weight is 455 g/mol. The van der Waals surface area contributed by atoms with E-state index in [1.807, 2.05) is 12.1 Å². The SMILES string of the molecule is CCC1(CC)c2ccccc2-c2ccc(N(c3cccc(N)c3)c3cccc4ccccc34)cc21. The molecule has 35 heavy (non-hydrogen) atoms. The minimum atomic E-state index is 0.0298. The van der Waals surface area contributed by atoms with Crippen molar-refractivity contribution < 1.29 is 0 Å². The summed E-state index contributed by atoms with van der Waals surface area (Å²) in [6, 6.07) is 39.3. The quantitative estimate of drug-likeness (QED) is 0.268. The number of fused-ring (bicyclic) bond motifs is 4. The van der Waals surface area contributed by atoms with Gasteiger partial charge in [-0.1, -0.05) is 86.6 Å². The first-order valence-electron chi connectivity index (χ1n) is 12.5. The molecule has 0 radical (unpaired) electrons. The molecule has 0 aliphatic heterocycles. The van der Waals surface area contributed by atoms with Crippen molar-refractivity contribution >= 4 is 33.5 Å².